The van der Waals surface area contributed by atoms with Crippen LogP contribution in [0, 0.1) is 11.8 Å². The van der Waals surface area contributed by atoms with Gasteiger partial charge in [0, 0.05) is 30.3 Å². The van der Waals surface area contributed by atoms with Crippen LogP contribution < -0.4 is 0 Å². The molecule has 5 heteroatoms. The summed E-state index contributed by atoms with van der Waals surface area (Å²) >= 11 is 0. The number of aliphatic hydroxyl groups is 1. The molecule has 0 aromatic heterocycles. The molecule has 132 valence electrons. The van der Waals surface area contributed by atoms with Crippen LogP contribution in [0.15, 0.2) is 24.3 Å². The Morgan fingerprint density at radius 2 is 2.12 bits per heavy atom. The van der Waals surface area contributed by atoms with Crippen molar-refractivity contribution in [2.75, 3.05) is 13.1 Å². The van der Waals surface area contributed by atoms with Gasteiger partial charge in [-0.25, -0.2) is 0 Å². The number of carbonyl (C=O) groups excluding carboxylic acids is 2. The van der Waals surface area contributed by atoms with Crippen molar-refractivity contribution < 1.29 is 14.7 Å². The van der Waals surface area contributed by atoms with E-state index in [9.17, 15) is 14.7 Å². The highest BCUT2D eigenvalue weighted by Crippen LogP contribution is 2.26. The van der Waals surface area contributed by atoms with E-state index >= 15 is 0 Å². The average molecular weight is 340 g/mol. The molecule has 0 radical (unpaired) electrons. The van der Waals surface area contributed by atoms with E-state index in [-0.39, 0.29) is 17.9 Å². The van der Waals surface area contributed by atoms with Gasteiger partial charge >= 0.3 is 0 Å². The Morgan fingerprint density at radius 1 is 1.36 bits per heavy atom. The Bertz CT molecular complexity index is 754. The van der Waals surface area contributed by atoms with Gasteiger partial charge in [-0.15, -0.1) is 0 Å². The normalized spacial score (nSPS) is 23.1. The van der Waals surface area contributed by atoms with E-state index in [2.05, 4.69) is 11.8 Å². The highest BCUT2D eigenvalue weighted by Gasteiger charge is 2.42. The first-order chi connectivity index (χ1) is 11.8. The molecule has 1 N–H and O–H groups in total. The van der Waals surface area contributed by atoms with Gasteiger partial charge in [-0.3, -0.25) is 9.59 Å². The summed E-state index contributed by atoms with van der Waals surface area (Å²) in [6.07, 6.45) is 1.96. The predicted molar refractivity (Wildman–Crippen MR) is 94.9 cm³/mol. The molecule has 3 rings (SSSR count). The van der Waals surface area contributed by atoms with Gasteiger partial charge in [-0.1, -0.05) is 17.9 Å². The molecule has 2 heterocycles. The molecule has 2 amide bonds. The quantitative estimate of drug-likeness (QED) is 0.791. The lowest BCUT2D eigenvalue weighted by Crippen LogP contribution is -2.60. The van der Waals surface area contributed by atoms with Crippen LogP contribution >= 0.6 is 0 Å². The second-order valence-electron chi connectivity index (χ2n) is 7.35. The standard InChI is InChI=1S/C20H24N2O3/c1-14-18(23)21-11-5-8-17(21)13-22(14)19(24)16-7-4-6-15(12-16)9-10-20(2,3)25/h4,6-7,12,14,17,25H,5,8,11,13H2,1-3H3/t14-,17-/m0/s1. The maximum atomic E-state index is 13.0. The van der Waals surface area contributed by atoms with Crippen LogP contribution in [-0.2, 0) is 4.79 Å². The number of rotatable bonds is 1. The van der Waals surface area contributed by atoms with Gasteiger partial charge < -0.3 is 14.9 Å². The SMILES string of the molecule is C[C@H]1C(=O)N2CCC[C@H]2CN1C(=O)c1cccc(C#CC(C)(C)O)c1. The highest BCUT2D eigenvalue weighted by atomic mass is 16.3. The van der Waals surface area contributed by atoms with E-state index in [1.807, 2.05) is 4.90 Å². The number of amides is 2. The van der Waals surface area contributed by atoms with E-state index in [4.69, 9.17) is 0 Å². The largest absolute Gasteiger partial charge is 0.378 e. The Kier molecular flexibility index (Phi) is 4.57. The van der Waals surface area contributed by atoms with Crippen LogP contribution in [0.1, 0.15) is 49.5 Å². The van der Waals surface area contributed by atoms with Crippen LogP contribution in [0.4, 0.5) is 0 Å². The minimum atomic E-state index is -1.08. The minimum Gasteiger partial charge on any atom is -0.378 e. The van der Waals surface area contributed by atoms with Crippen molar-refractivity contribution in [3.8, 4) is 11.8 Å². The number of fused-ring (bicyclic) bond motifs is 1. The van der Waals surface area contributed by atoms with Gasteiger partial charge in [0.15, 0.2) is 0 Å². The molecular formula is C20H24N2O3. The predicted octanol–water partition coefficient (Wildman–Crippen LogP) is 1.64. The molecule has 2 aliphatic heterocycles. The number of nitrogens with zero attached hydrogens (tertiary/aromatic N) is 2. The first-order valence-electron chi connectivity index (χ1n) is 8.73. The van der Waals surface area contributed by atoms with Crippen LogP contribution in [-0.4, -0.2) is 57.5 Å². The first-order valence-corrected chi connectivity index (χ1v) is 8.73. The van der Waals surface area contributed by atoms with Crippen molar-refractivity contribution in [1.29, 1.82) is 0 Å². The van der Waals surface area contributed by atoms with Crippen LogP contribution in [0.5, 0.6) is 0 Å². The second-order valence-corrected chi connectivity index (χ2v) is 7.35. The molecule has 0 aliphatic carbocycles. The fourth-order valence-corrected chi connectivity index (χ4v) is 3.45. The van der Waals surface area contributed by atoms with Crippen molar-refractivity contribution >= 4 is 11.8 Å². The number of hydrogen-bond acceptors (Lipinski definition) is 3. The summed E-state index contributed by atoms with van der Waals surface area (Å²) in [7, 11) is 0. The summed E-state index contributed by atoms with van der Waals surface area (Å²) in [5, 5.41) is 9.72. The fourth-order valence-electron chi connectivity index (χ4n) is 3.45. The summed E-state index contributed by atoms with van der Waals surface area (Å²) < 4.78 is 0. The minimum absolute atomic E-state index is 0.0417. The molecular weight excluding hydrogens is 316 g/mol. The van der Waals surface area contributed by atoms with E-state index in [0.717, 1.165) is 19.4 Å². The van der Waals surface area contributed by atoms with Crippen LogP contribution in [0.3, 0.4) is 0 Å². The lowest BCUT2D eigenvalue weighted by molar-refractivity contribution is -0.141. The molecule has 1 aromatic rings. The van der Waals surface area contributed by atoms with Gasteiger partial charge in [-0.05, 0) is 51.8 Å². The van der Waals surface area contributed by atoms with Crippen LogP contribution in [0.25, 0.3) is 0 Å². The third-order valence-corrected chi connectivity index (χ3v) is 4.78. The lowest BCUT2D eigenvalue weighted by Gasteiger charge is -2.41. The summed E-state index contributed by atoms with van der Waals surface area (Å²) in [6.45, 7) is 6.42. The van der Waals surface area contributed by atoms with Gasteiger partial charge in [0.05, 0.1) is 0 Å². The van der Waals surface area contributed by atoms with E-state index < -0.39 is 11.6 Å². The summed E-state index contributed by atoms with van der Waals surface area (Å²) in [4.78, 5) is 29.1. The van der Waals surface area contributed by atoms with E-state index in [1.165, 1.54) is 0 Å². The number of hydrogen-bond donors (Lipinski definition) is 1. The third-order valence-electron chi connectivity index (χ3n) is 4.78. The van der Waals surface area contributed by atoms with Crippen molar-refractivity contribution in [2.45, 2.75) is 51.3 Å². The molecule has 2 fully saturated rings. The summed E-state index contributed by atoms with van der Waals surface area (Å²) in [6, 6.07) is 6.76. The average Bonchev–Trinajstić information content (AvgIpc) is 3.04. The van der Waals surface area contributed by atoms with Crippen LogP contribution in [0.2, 0.25) is 0 Å². The molecule has 0 bridgehead atoms. The molecule has 1 aromatic carbocycles. The third kappa shape index (κ3) is 3.69. The van der Waals surface area contributed by atoms with E-state index in [1.54, 1.807) is 49.9 Å². The van der Waals surface area contributed by atoms with Crippen molar-refractivity contribution in [2.24, 2.45) is 0 Å². The van der Waals surface area contributed by atoms with Gasteiger partial charge in [-0.2, -0.15) is 0 Å². The Balaban J connectivity index is 1.83. The number of benzene rings is 1. The maximum absolute atomic E-state index is 13.0. The number of carbonyl (C=O) groups is 2. The second kappa shape index (κ2) is 6.53. The highest BCUT2D eigenvalue weighted by molar-refractivity contribution is 5.98. The Hall–Kier alpha value is -2.32. The smallest absolute Gasteiger partial charge is 0.254 e. The Morgan fingerprint density at radius 3 is 2.84 bits per heavy atom. The van der Waals surface area contributed by atoms with Crippen molar-refractivity contribution in [1.82, 2.24) is 9.80 Å². The summed E-state index contributed by atoms with van der Waals surface area (Å²) in [5.74, 6) is 5.55. The molecule has 5 nitrogen and oxygen atoms in total. The molecule has 2 aliphatic rings. The van der Waals surface area contributed by atoms with Crippen molar-refractivity contribution in [3.63, 3.8) is 0 Å². The fraction of sp³-hybridized carbons (Fsp3) is 0.500. The molecule has 2 saturated heterocycles. The molecule has 25 heavy (non-hydrogen) atoms. The lowest BCUT2D eigenvalue weighted by atomic mass is 10.0. The first kappa shape index (κ1) is 17.5. The van der Waals surface area contributed by atoms with Gasteiger partial charge in [0.2, 0.25) is 5.91 Å². The monoisotopic (exact) mass is 340 g/mol. The van der Waals surface area contributed by atoms with Gasteiger partial charge in [0.25, 0.3) is 5.91 Å². The molecule has 0 spiro atoms. The summed E-state index contributed by atoms with van der Waals surface area (Å²) in [5.41, 5.74) is 0.111. The van der Waals surface area contributed by atoms with Gasteiger partial charge in [0.1, 0.15) is 11.6 Å². The zero-order valence-electron chi connectivity index (χ0n) is 15.0. The topological polar surface area (TPSA) is 60.9 Å². The van der Waals surface area contributed by atoms with E-state index in [0.29, 0.717) is 17.7 Å². The molecule has 0 saturated carbocycles. The zero-order chi connectivity index (χ0) is 18.2. The maximum Gasteiger partial charge on any atom is 0.254 e. The molecule has 2 atom stereocenters. The van der Waals surface area contributed by atoms with Crippen molar-refractivity contribution in [3.05, 3.63) is 35.4 Å². The Labute approximate surface area is 148 Å². The zero-order valence-corrected chi connectivity index (χ0v) is 15.0. The number of piperazine rings is 1. The molecule has 0 unspecified atom stereocenters.